The van der Waals surface area contributed by atoms with Crippen LogP contribution < -0.4 is 0 Å². The number of carbonyl (C=O) groups is 1. The summed E-state index contributed by atoms with van der Waals surface area (Å²) in [5, 5.41) is 0.253. The molecule has 0 aromatic carbocycles. The average molecular weight is 329 g/mol. The van der Waals surface area contributed by atoms with Gasteiger partial charge in [-0.05, 0) is 36.9 Å². The first-order valence-corrected chi connectivity index (χ1v) is 11.9. The molecule has 0 aliphatic carbocycles. The quantitative estimate of drug-likeness (QED) is 0.310. The summed E-state index contributed by atoms with van der Waals surface area (Å²) in [7, 11) is -1.69. The SMILES string of the molecule is CCCCCC[C@@H](CO[Si](C)(C)C(C)(C)C)C[C@H]1CC(=O)O1. The van der Waals surface area contributed by atoms with E-state index in [4.69, 9.17) is 9.16 Å². The standard InChI is InChI=1S/C18H36O3Si/c1-7-8-9-10-11-15(12-16-13-17(19)21-16)14-20-22(5,6)18(2,3)4/h15-16H,7-14H2,1-6H3/t15-,16+/m1/s1. The molecule has 4 heteroatoms. The zero-order valence-corrected chi connectivity index (χ0v) is 16.5. The molecule has 3 nitrogen and oxygen atoms in total. The summed E-state index contributed by atoms with van der Waals surface area (Å²) in [5.74, 6) is 0.490. The molecule has 0 aromatic rings. The molecule has 0 N–H and O–H groups in total. The fourth-order valence-electron chi connectivity index (χ4n) is 2.54. The summed E-state index contributed by atoms with van der Waals surface area (Å²) in [4.78, 5) is 11.0. The maximum atomic E-state index is 11.0. The lowest BCUT2D eigenvalue weighted by Gasteiger charge is -2.38. The van der Waals surface area contributed by atoms with Gasteiger partial charge in [-0.3, -0.25) is 4.79 Å². The number of cyclic esters (lactones) is 1. The summed E-state index contributed by atoms with van der Waals surface area (Å²) >= 11 is 0. The van der Waals surface area contributed by atoms with Gasteiger partial charge >= 0.3 is 5.97 Å². The van der Waals surface area contributed by atoms with Crippen molar-refractivity contribution < 1.29 is 14.0 Å². The Kier molecular flexibility index (Phi) is 7.60. The molecule has 2 atom stereocenters. The number of unbranched alkanes of at least 4 members (excludes halogenated alkanes) is 3. The largest absolute Gasteiger partial charge is 0.462 e. The monoisotopic (exact) mass is 328 g/mol. The van der Waals surface area contributed by atoms with Crippen LogP contribution in [0, 0.1) is 5.92 Å². The number of carbonyl (C=O) groups excluding carboxylic acids is 1. The Labute approximate surface area is 138 Å². The molecule has 1 aliphatic rings. The van der Waals surface area contributed by atoms with E-state index in [-0.39, 0.29) is 17.1 Å². The van der Waals surface area contributed by atoms with Crippen molar-refractivity contribution in [1.82, 2.24) is 0 Å². The summed E-state index contributed by atoms with van der Waals surface area (Å²) in [6.45, 7) is 14.5. The Balaban J connectivity index is 2.44. The van der Waals surface area contributed by atoms with Crippen LogP contribution in [0.15, 0.2) is 0 Å². The van der Waals surface area contributed by atoms with E-state index < -0.39 is 8.32 Å². The van der Waals surface area contributed by atoms with Crippen LogP contribution in [0.3, 0.4) is 0 Å². The van der Waals surface area contributed by atoms with Crippen molar-refractivity contribution >= 4 is 14.3 Å². The van der Waals surface area contributed by atoms with Crippen molar-refractivity contribution in [2.24, 2.45) is 5.92 Å². The lowest BCUT2D eigenvalue weighted by atomic mass is 9.93. The third-order valence-corrected chi connectivity index (χ3v) is 9.74. The smallest absolute Gasteiger partial charge is 0.309 e. The highest BCUT2D eigenvalue weighted by Gasteiger charge is 2.38. The van der Waals surface area contributed by atoms with E-state index in [2.05, 4.69) is 40.8 Å². The van der Waals surface area contributed by atoms with E-state index in [0.717, 1.165) is 13.0 Å². The van der Waals surface area contributed by atoms with Gasteiger partial charge in [0.05, 0.1) is 6.42 Å². The van der Waals surface area contributed by atoms with Crippen molar-refractivity contribution in [2.45, 2.75) is 96.9 Å². The second kappa shape index (κ2) is 8.49. The molecule has 0 spiro atoms. The van der Waals surface area contributed by atoms with Crippen LogP contribution in [0.1, 0.15) is 72.6 Å². The second-order valence-electron chi connectivity index (χ2n) is 8.34. The average Bonchev–Trinajstić information content (AvgIpc) is 2.37. The van der Waals surface area contributed by atoms with E-state index in [1.807, 2.05) is 0 Å². The molecule has 1 saturated heterocycles. The Morgan fingerprint density at radius 2 is 1.91 bits per heavy atom. The van der Waals surface area contributed by atoms with E-state index in [1.54, 1.807) is 0 Å². The third kappa shape index (κ3) is 6.41. The molecule has 130 valence electrons. The molecule has 1 rings (SSSR count). The van der Waals surface area contributed by atoms with E-state index in [1.165, 1.54) is 32.1 Å². The maximum absolute atomic E-state index is 11.0. The second-order valence-corrected chi connectivity index (χ2v) is 13.1. The van der Waals surface area contributed by atoms with Crippen LogP contribution in [-0.2, 0) is 14.0 Å². The molecule has 22 heavy (non-hydrogen) atoms. The normalized spacial score (nSPS) is 20.5. The Morgan fingerprint density at radius 1 is 1.27 bits per heavy atom. The zero-order valence-electron chi connectivity index (χ0n) is 15.5. The molecule has 1 heterocycles. The van der Waals surface area contributed by atoms with Gasteiger partial charge in [0.1, 0.15) is 6.10 Å². The summed E-state index contributed by atoms with van der Waals surface area (Å²) in [6.07, 6.45) is 8.07. The van der Waals surface area contributed by atoms with Gasteiger partial charge in [-0.1, -0.05) is 53.4 Å². The van der Waals surface area contributed by atoms with Crippen molar-refractivity contribution in [2.75, 3.05) is 6.61 Å². The van der Waals surface area contributed by atoms with Crippen molar-refractivity contribution in [3.8, 4) is 0 Å². The highest BCUT2D eigenvalue weighted by atomic mass is 28.4. The van der Waals surface area contributed by atoms with Gasteiger partial charge in [0.2, 0.25) is 0 Å². The van der Waals surface area contributed by atoms with Crippen LogP contribution in [0.5, 0.6) is 0 Å². The van der Waals surface area contributed by atoms with E-state index in [9.17, 15) is 4.79 Å². The number of hydrogen-bond acceptors (Lipinski definition) is 3. The van der Waals surface area contributed by atoms with Gasteiger partial charge in [-0.2, -0.15) is 0 Å². The fraction of sp³-hybridized carbons (Fsp3) is 0.944. The molecular formula is C18H36O3Si. The first-order valence-electron chi connectivity index (χ1n) is 8.99. The minimum atomic E-state index is -1.69. The van der Waals surface area contributed by atoms with Crippen molar-refractivity contribution in [1.29, 1.82) is 0 Å². The van der Waals surface area contributed by atoms with Crippen LogP contribution in [-0.4, -0.2) is 27.0 Å². The number of ether oxygens (including phenoxy) is 1. The van der Waals surface area contributed by atoms with Gasteiger partial charge in [0.25, 0.3) is 0 Å². The molecule has 0 saturated carbocycles. The van der Waals surface area contributed by atoms with Crippen LogP contribution >= 0.6 is 0 Å². The lowest BCUT2D eigenvalue weighted by Crippen LogP contribution is -2.42. The third-order valence-electron chi connectivity index (χ3n) is 5.24. The summed E-state index contributed by atoms with van der Waals surface area (Å²) in [6, 6.07) is 0. The highest BCUT2D eigenvalue weighted by Crippen LogP contribution is 2.37. The molecule has 0 bridgehead atoms. The van der Waals surface area contributed by atoms with E-state index in [0.29, 0.717) is 12.3 Å². The van der Waals surface area contributed by atoms with Gasteiger partial charge in [-0.25, -0.2) is 0 Å². The van der Waals surface area contributed by atoms with Gasteiger partial charge in [0.15, 0.2) is 8.32 Å². The Morgan fingerprint density at radius 3 is 2.41 bits per heavy atom. The van der Waals surface area contributed by atoms with Crippen LogP contribution in [0.2, 0.25) is 18.1 Å². The topological polar surface area (TPSA) is 35.5 Å². The molecule has 0 unspecified atom stereocenters. The first kappa shape index (κ1) is 19.7. The zero-order chi connectivity index (χ0) is 16.8. The first-order chi connectivity index (χ1) is 10.2. The number of esters is 1. The molecular weight excluding hydrogens is 292 g/mol. The Bertz CT molecular complexity index is 339. The van der Waals surface area contributed by atoms with E-state index >= 15 is 0 Å². The van der Waals surface area contributed by atoms with Gasteiger partial charge < -0.3 is 9.16 Å². The molecule has 0 radical (unpaired) electrons. The minimum Gasteiger partial charge on any atom is -0.462 e. The minimum absolute atomic E-state index is 0.0416. The molecule has 0 aromatic heterocycles. The predicted molar refractivity (Wildman–Crippen MR) is 94.5 cm³/mol. The molecule has 1 fully saturated rings. The Hall–Kier alpha value is -0.353. The van der Waals surface area contributed by atoms with Crippen molar-refractivity contribution in [3.05, 3.63) is 0 Å². The molecule has 1 aliphatic heterocycles. The maximum Gasteiger partial charge on any atom is 0.309 e. The fourth-order valence-corrected chi connectivity index (χ4v) is 3.62. The van der Waals surface area contributed by atoms with Crippen LogP contribution in [0.25, 0.3) is 0 Å². The highest BCUT2D eigenvalue weighted by molar-refractivity contribution is 6.74. The summed E-state index contributed by atoms with van der Waals surface area (Å²) in [5.41, 5.74) is 0. The molecule has 0 amide bonds. The number of hydrogen-bond donors (Lipinski definition) is 0. The summed E-state index contributed by atoms with van der Waals surface area (Å²) < 4.78 is 11.6. The van der Waals surface area contributed by atoms with Crippen molar-refractivity contribution in [3.63, 3.8) is 0 Å². The van der Waals surface area contributed by atoms with Gasteiger partial charge in [0, 0.05) is 6.61 Å². The lowest BCUT2D eigenvalue weighted by molar-refractivity contribution is -0.171. The van der Waals surface area contributed by atoms with Crippen LogP contribution in [0.4, 0.5) is 0 Å². The number of rotatable bonds is 10. The predicted octanol–water partition coefficient (Wildman–Crippen LogP) is 5.30. The van der Waals surface area contributed by atoms with Gasteiger partial charge in [-0.15, -0.1) is 0 Å².